The molecule has 18 heavy (non-hydrogen) atoms. The van der Waals surface area contributed by atoms with Crippen LogP contribution in [0.1, 0.15) is 18.5 Å². The first kappa shape index (κ1) is 11.1. The molecule has 0 radical (unpaired) electrons. The van der Waals surface area contributed by atoms with Crippen molar-refractivity contribution in [1.82, 2.24) is 14.3 Å². The van der Waals surface area contributed by atoms with E-state index in [-0.39, 0.29) is 0 Å². The third-order valence-electron chi connectivity index (χ3n) is 3.27. The second kappa shape index (κ2) is 4.33. The first-order chi connectivity index (χ1) is 8.74. The minimum Gasteiger partial charge on any atom is -0.370 e. The summed E-state index contributed by atoms with van der Waals surface area (Å²) in [5.41, 5.74) is 7.82. The van der Waals surface area contributed by atoms with Crippen LogP contribution >= 0.6 is 0 Å². The van der Waals surface area contributed by atoms with Crippen molar-refractivity contribution in [2.24, 2.45) is 10.7 Å². The van der Waals surface area contributed by atoms with Gasteiger partial charge in [0.2, 0.25) is 0 Å². The summed E-state index contributed by atoms with van der Waals surface area (Å²) in [5, 5.41) is 0. The molecule has 2 aromatic rings. The SMILES string of the molecule is CN(C(N)=NCc1cn2ccccc2n1)C1CC1. The summed E-state index contributed by atoms with van der Waals surface area (Å²) in [7, 11) is 2.00. The van der Waals surface area contributed by atoms with Crippen molar-refractivity contribution >= 4 is 11.6 Å². The molecule has 0 aromatic carbocycles. The maximum atomic E-state index is 5.94. The molecule has 2 aromatic heterocycles. The van der Waals surface area contributed by atoms with Crippen LogP contribution in [0.2, 0.25) is 0 Å². The summed E-state index contributed by atoms with van der Waals surface area (Å²) in [4.78, 5) is 10.9. The van der Waals surface area contributed by atoms with Crippen molar-refractivity contribution in [3.63, 3.8) is 0 Å². The fourth-order valence-electron chi connectivity index (χ4n) is 1.99. The molecule has 0 spiro atoms. The van der Waals surface area contributed by atoms with Gasteiger partial charge < -0.3 is 15.0 Å². The van der Waals surface area contributed by atoms with E-state index in [4.69, 9.17) is 5.73 Å². The zero-order valence-electron chi connectivity index (χ0n) is 10.5. The maximum absolute atomic E-state index is 5.94. The van der Waals surface area contributed by atoms with E-state index in [9.17, 15) is 0 Å². The van der Waals surface area contributed by atoms with Crippen LogP contribution in [0.15, 0.2) is 35.6 Å². The van der Waals surface area contributed by atoms with Crippen molar-refractivity contribution < 1.29 is 0 Å². The van der Waals surface area contributed by atoms with E-state index in [1.165, 1.54) is 12.8 Å². The van der Waals surface area contributed by atoms with Crippen LogP contribution in [0.4, 0.5) is 0 Å². The fourth-order valence-corrected chi connectivity index (χ4v) is 1.99. The molecule has 1 fully saturated rings. The first-order valence-corrected chi connectivity index (χ1v) is 6.19. The minimum absolute atomic E-state index is 0.532. The molecular weight excluding hydrogens is 226 g/mol. The van der Waals surface area contributed by atoms with Crippen LogP contribution < -0.4 is 5.73 Å². The molecule has 0 aliphatic heterocycles. The van der Waals surface area contributed by atoms with E-state index in [1.54, 1.807) is 0 Å². The van der Waals surface area contributed by atoms with Gasteiger partial charge in [0.15, 0.2) is 5.96 Å². The van der Waals surface area contributed by atoms with Crippen LogP contribution in [0, 0.1) is 0 Å². The van der Waals surface area contributed by atoms with Crippen molar-refractivity contribution in [1.29, 1.82) is 0 Å². The van der Waals surface area contributed by atoms with Crippen molar-refractivity contribution in [3.8, 4) is 0 Å². The Labute approximate surface area is 106 Å². The summed E-state index contributed by atoms with van der Waals surface area (Å²) >= 11 is 0. The maximum Gasteiger partial charge on any atom is 0.191 e. The average Bonchev–Trinajstić information content (AvgIpc) is 3.14. The topological polar surface area (TPSA) is 58.9 Å². The standard InChI is InChI=1S/C13H17N5/c1-17(11-5-6-11)13(14)15-8-10-9-18-7-3-2-4-12(18)16-10/h2-4,7,9,11H,5-6,8H2,1H3,(H2,14,15). The van der Waals surface area contributed by atoms with Crippen LogP contribution in [-0.4, -0.2) is 33.3 Å². The normalized spacial score (nSPS) is 16.2. The van der Waals surface area contributed by atoms with Gasteiger partial charge in [-0.25, -0.2) is 9.98 Å². The van der Waals surface area contributed by atoms with Gasteiger partial charge >= 0.3 is 0 Å². The van der Waals surface area contributed by atoms with Crippen LogP contribution in [0.25, 0.3) is 5.65 Å². The van der Waals surface area contributed by atoms with Gasteiger partial charge in [0.1, 0.15) is 5.65 Å². The summed E-state index contributed by atoms with van der Waals surface area (Å²) in [6.07, 6.45) is 6.42. The second-order valence-corrected chi connectivity index (χ2v) is 4.71. The summed E-state index contributed by atoms with van der Waals surface area (Å²) in [5.74, 6) is 0.606. The zero-order chi connectivity index (χ0) is 12.5. The molecule has 2 heterocycles. The van der Waals surface area contributed by atoms with Crippen molar-refractivity contribution in [3.05, 3.63) is 36.3 Å². The average molecular weight is 243 g/mol. The van der Waals surface area contributed by atoms with Gasteiger partial charge in [0.05, 0.1) is 12.2 Å². The van der Waals surface area contributed by atoms with Gasteiger partial charge in [-0.1, -0.05) is 6.07 Å². The highest BCUT2D eigenvalue weighted by molar-refractivity contribution is 5.78. The summed E-state index contributed by atoms with van der Waals surface area (Å²) in [6, 6.07) is 6.53. The monoisotopic (exact) mass is 243 g/mol. The van der Waals surface area contributed by atoms with Gasteiger partial charge in [-0.2, -0.15) is 0 Å². The lowest BCUT2D eigenvalue weighted by atomic mass is 10.5. The number of rotatable bonds is 3. The molecule has 1 saturated carbocycles. The molecule has 0 saturated heterocycles. The molecule has 0 amide bonds. The van der Waals surface area contributed by atoms with Crippen LogP contribution in [0.3, 0.4) is 0 Å². The quantitative estimate of drug-likeness (QED) is 0.652. The third-order valence-corrected chi connectivity index (χ3v) is 3.27. The molecule has 1 aliphatic rings. The van der Waals surface area contributed by atoms with E-state index in [0.29, 0.717) is 18.5 Å². The Hall–Kier alpha value is -2.04. The highest BCUT2D eigenvalue weighted by Gasteiger charge is 2.27. The first-order valence-electron chi connectivity index (χ1n) is 6.19. The lowest BCUT2D eigenvalue weighted by Crippen LogP contribution is -2.35. The number of aromatic nitrogens is 2. The van der Waals surface area contributed by atoms with E-state index >= 15 is 0 Å². The second-order valence-electron chi connectivity index (χ2n) is 4.71. The van der Waals surface area contributed by atoms with E-state index < -0.39 is 0 Å². The van der Waals surface area contributed by atoms with Gasteiger partial charge in [-0.3, -0.25) is 0 Å². The number of guanidine groups is 1. The molecule has 3 rings (SSSR count). The predicted octanol–water partition coefficient (Wildman–Crippen LogP) is 1.24. The Morgan fingerprint density at radius 1 is 1.56 bits per heavy atom. The van der Waals surface area contributed by atoms with Gasteiger partial charge in [-0.05, 0) is 25.0 Å². The lowest BCUT2D eigenvalue weighted by Gasteiger charge is -2.16. The molecular formula is C13H17N5. The highest BCUT2D eigenvalue weighted by atomic mass is 15.3. The molecule has 5 heteroatoms. The van der Waals surface area contributed by atoms with Crippen molar-refractivity contribution in [2.75, 3.05) is 7.05 Å². The lowest BCUT2D eigenvalue weighted by molar-refractivity contribution is 0.487. The number of aliphatic imine (C=N–C) groups is 1. The van der Waals surface area contributed by atoms with E-state index in [1.807, 2.05) is 42.0 Å². The summed E-state index contributed by atoms with van der Waals surface area (Å²) < 4.78 is 1.99. The molecule has 94 valence electrons. The molecule has 0 atom stereocenters. The number of hydrogen-bond acceptors (Lipinski definition) is 2. The van der Waals surface area contributed by atoms with Gasteiger partial charge in [0, 0.05) is 25.5 Å². The zero-order valence-corrected chi connectivity index (χ0v) is 10.5. The smallest absolute Gasteiger partial charge is 0.191 e. The Bertz CT molecular complexity index is 549. The van der Waals surface area contributed by atoms with Crippen LogP contribution in [-0.2, 0) is 6.54 Å². The van der Waals surface area contributed by atoms with E-state index in [2.05, 4.69) is 14.9 Å². The van der Waals surface area contributed by atoms with Crippen molar-refractivity contribution in [2.45, 2.75) is 25.4 Å². The number of pyridine rings is 1. The number of fused-ring (bicyclic) bond motifs is 1. The largest absolute Gasteiger partial charge is 0.370 e. The summed E-state index contributed by atoms with van der Waals surface area (Å²) in [6.45, 7) is 0.532. The minimum atomic E-state index is 0.532. The van der Waals surface area contributed by atoms with Gasteiger partial charge in [0.25, 0.3) is 0 Å². The number of nitrogens with zero attached hydrogens (tertiary/aromatic N) is 4. The Kier molecular flexibility index (Phi) is 2.66. The molecule has 1 aliphatic carbocycles. The van der Waals surface area contributed by atoms with Gasteiger partial charge in [-0.15, -0.1) is 0 Å². The molecule has 0 bridgehead atoms. The predicted molar refractivity (Wildman–Crippen MR) is 71.3 cm³/mol. The fraction of sp³-hybridized carbons (Fsp3) is 0.385. The molecule has 0 unspecified atom stereocenters. The highest BCUT2D eigenvalue weighted by Crippen LogP contribution is 2.24. The third kappa shape index (κ3) is 2.16. The molecule has 2 N–H and O–H groups in total. The number of hydrogen-bond donors (Lipinski definition) is 1. The Balaban J connectivity index is 1.73. The van der Waals surface area contributed by atoms with E-state index in [0.717, 1.165) is 11.3 Å². The van der Waals surface area contributed by atoms with Crippen LogP contribution in [0.5, 0.6) is 0 Å². The molecule has 5 nitrogen and oxygen atoms in total. The number of imidazole rings is 1. The Morgan fingerprint density at radius 2 is 2.39 bits per heavy atom. The Morgan fingerprint density at radius 3 is 3.11 bits per heavy atom. The number of nitrogens with two attached hydrogens (primary N) is 1.